The van der Waals surface area contributed by atoms with E-state index in [0.717, 1.165) is 0 Å². The van der Waals surface area contributed by atoms with Crippen molar-refractivity contribution in [2.24, 2.45) is 17.6 Å². The van der Waals surface area contributed by atoms with E-state index >= 15 is 0 Å². The van der Waals surface area contributed by atoms with E-state index in [0.29, 0.717) is 11.8 Å². The molecular formula is C10H23NO. The molecule has 0 spiro atoms. The van der Waals surface area contributed by atoms with Gasteiger partial charge in [-0.2, -0.15) is 0 Å². The summed E-state index contributed by atoms with van der Waals surface area (Å²) in [7, 11) is 0. The van der Waals surface area contributed by atoms with Crippen molar-refractivity contribution in [3.05, 3.63) is 0 Å². The van der Waals surface area contributed by atoms with E-state index < -0.39 is 5.72 Å². The van der Waals surface area contributed by atoms with Gasteiger partial charge in [0, 0.05) is 0 Å². The first-order valence-corrected chi connectivity index (χ1v) is 4.77. The molecule has 0 aromatic heterocycles. The molecule has 0 aromatic carbocycles. The zero-order chi connectivity index (χ0) is 9.94. The third-order valence-corrected chi connectivity index (χ3v) is 2.24. The Kier molecular flexibility index (Phi) is 4.21. The van der Waals surface area contributed by atoms with Gasteiger partial charge >= 0.3 is 0 Å². The Bertz CT molecular complexity index is 122. The monoisotopic (exact) mass is 173 g/mol. The molecule has 12 heavy (non-hydrogen) atoms. The van der Waals surface area contributed by atoms with E-state index in [9.17, 15) is 0 Å². The van der Waals surface area contributed by atoms with E-state index in [1.807, 2.05) is 13.8 Å². The van der Waals surface area contributed by atoms with Crippen molar-refractivity contribution in [1.29, 1.82) is 0 Å². The third kappa shape index (κ3) is 2.76. The van der Waals surface area contributed by atoms with Crippen LogP contribution >= 0.6 is 0 Å². The van der Waals surface area contributed by atoms with E-state index in [1.165, 1.54) is 0 Å². The summed E-state index contributed by atoms with van der Waals surface area (Å²) in [6.07, 6.45) is 0.194. The Morgan fingerprint density at radius 1 is 0.917 bits per heavy atom. The summed E-state index contributed by atoms with van der Waals surface area (Å²) < 4.78 is 5.74. The fraction of sp³-hybridized carbons (Fsp3) is 1.00. The Morgan fingerprint density at radius 3 is 1.33 bits per heavy atom. The molecule has 0 amide bonds. The van der Waals surface area contributed by atoms with Crippen molar-refractivity contribution in [1.82, 2.24) is 0 Å². The highest BCUT2D eigenvalue weighted by Crippen LogP contribution is 2.25. The van der Waals surface area contributed by atoms with Gasteiger partial charge < -0.3 is 10.5 Å². The minimum atomic E-state index is -0.478. The lowest BCUT2D eigenvalue weighted by atomic mass is 9.89. The second-order valence-corrected chi connectivity index (χ2v) is 4.33. The molecule has 0 radical (unpaired) electrons. The molecule has 0 bridgehead atoms. The molecule has 0 saturated heterocycles. The van der Waals surface area contributed by atoms with Gasteiger partial charge in [0.25, 0.3) is 0 Å². The van der Waals surface area contributed by atoms with Crippen LogP contribution in [0.25, 0.3) is 0 Å². The molecule has 0 fully saturated rings. The number of rotatable bonds is 4. The molecule has 0 aliphatic carbocycles. The van der Waals surface area contributed by atoms with Gasteiger partial charge in [0.1, 0.15) is 5.72 Å². The number of ether oxygens (including phenoxy) is 1. The van der Waals surface area contributed by atoms with Crippen molar-refractivity contribution in [2.45, 2.75) is 53.4 Å². The SMILES string of the molecule is CC(C)OC(N)(C(C)C)C(C)C. The topological polar surface area (TPSA) is 35.2 Å². The molecule has 2 N–H and O–H groups in total. The van der Waals surface area contributed by atoms with Gasteiger partial charge in [-0.25, -0.2) is 0 Å². The van der Waals surface area contributed by atoms with Crippen LogP contribution in [0.2, 0.25) is 0 Å². The summed E-state index contributed by atoms with van der Waals surface area (Å²) in [6.45, 7) is 12.4. The molecule has 0 aliphatic rings. The van der Waals surface area contributed by atoms with Crippen molar-refractivity contribution >= 4 is 0 Å². The molecule has 0 atom stereocenters. The average Bonchev–Trinajstić information content (AvgIpc) is 1.84. The predicted octanol–water partition coefficient (Wildman–Crippen LogP) is 2.38. The van der Waals surface area contributed by atoms with E-state index in [4.69, 9.17) is 10.5 Å². The summed E-state index contributed by atoms with van der Waals surface area (Å²) in [5.41, 5.74) is 5.68. The summed E-state index contributed by atoms with van der Waals surface area (Å²) in [5.74, 6) is 0.694. The van der Waals surface area contributed by atoms with Crippen LogP contribution in [-0.4, -0.2) is 11.8 Å². The maximum absolute atomic E-state index is 6.16. The van der Waals surface area contributed by atoms with Crippen molar-refractivity contribution < 1.29 is 4.74 Å². The van der Waals surface area contributed by atoms with Crippen LogP contribution in [0.1, 0.15) is 41.5 Å². The minimum absolute atomic E-state index is 0.194. The van der Waals surface area contributed by atoms with Crippen LogP contribution in [-0.2, 0) is 4.74 Å². The van der Waals surface area contributed by atoms with E-state index in [-0.39, 0.29) is 6.10 Å². The Morgan fingerprint density at radius 2 is 1.25 bits per heavy atom. The maximum atomic E-state index is 6.16. The molecular weight excluding hydrogens is 150 g/mol. The lowest BCUT2D eigenvalue weighted by molar-refractivity contribution is -0.133. The average molecular weight is 173 g/mol. The van der Waals surface area contributed by atoms with Gasteiger partial charge in [-0.15, -0.1) is 0 Å². The Hall–Kier alpha value is -0.0800. The molecule has 2 heteroatoms. The summed E-state index contributed by atoms with van der Waals surface area (Å²) in [5, 5.41) is 0. The van der Waals surface area contributed by atoms with Crippen molar-refractivity contribution in [3.8, 4) is 0 Å². The quantitative estimate of drug-likeness (QED) is 0.662. The standard InChI is InChI=1S/C10H23NO/c1-7(2)10(11,8(3)4)12-9(5)6/h7-9H,11H2,1-6H3. The molecule has 2 nitrogen and oxygen atoms in total. The first kappa shape index (κ1) is 11.9. The van der Waals surface area contributed by atoms with Crippen molar-refractivity contribution in [2.75, 3.05) is 0 Å². The van der Waals surface area contributed by atoms with Crippen molar-refractivity contribution in [3.63, 3.8) is 0 Å². The Balaban J connectivity index is 4.40. The largest absolute Gasteiger partial charge is 0.358 e. The maximum Gasteiger partial charge on any atom is 0.121 e. The fourth-order valence-corrected chi connectivity index (χ4v) is 1.35. The van der Waals surface area contributed by atoms with Gasteiger partial charge in [-0.3, -0.25) is 0 Å². The fourth-order valence-electron chi connectivity index (χ4n) is 1.35. The number of nitrogens with two attached hydrogens (primary N) is 1. The molecule has 0 rings (SSSR count). The second kappa shape index (κ2) is 4.24. The number of hydrogen-bond acceptors (Lipinski definition) is 2. The zero-order valence-electron chi connectivity index (χ0n) is 9.22. The molecule has 0 heterocycles. The predicted molar refractivity (Wildman–Crippen MR) is 52.8 cm³/mol. The molecule has 0 aromatic rings. The zero-order valence-corrected chi connectivity index (χ0v) is 9.22. The van der Waals surface area contributed by atoms with E-state index in [1.54, 1.807) is 0 Å². The highest BCUT2D eigenvalue weighted by molar-refractivity contribution is 4.81. The van der Waals surface area contributed by atoms with Crippen LogP contribution < -0.4 is 5.73 Å². The highest BCUT2D eigenvalue weighted by atomic mass is 16.5. The van der Waals surface area contributed by atoms with Crippen LogP contribution in [0.4, 0.5) is 0 Å². The van der Waals surface area contributed by atoms with Gasteiger partial charge in [0.2, 0.25) is 0 Å². The second-order valence-electron chi connectivity index (χ2n) is 4.33. The van der Waals surface area contributed by atoms with E-state index in [2.05, 4.69) is 27.7 Å². The van der Waals surface area contributed by atoms with Gasteiger partial charge in [0.05, 0.1) is 6.10 Å². The summed E-state index contributed by atoms with van der Waals surface area (Å²) >= 11 is 0. The lowest BCUT2D eigenvalue weighted by Gasteiger charge is -2.39. The minimum Gasteiger partial charge on any atom is -0.358 e. The first-order chi connectivity index (χ1) is 5.30. The van der Waals surface area contributed by atoms with Crippen LogP contribution in [0, 0.1) is 11.8 Å². The van der Waals surface area contributed by atoms with Gasteiger partial charge in [-0.1, -0.05) is 27.7 Å². The molecule has 74 valence electrons. The molecule has 0 unspecified atom stereocenters. The normalized spacial score (nSPS) is 13.5. The highest BCUT2D eigenvalue weighted by Gasteiger charge is 2.34. The van der Waals surface area contributed by atoms with Crippen LogP contribution in [0.3, 0.4) is 0 Å². The van der Waals surface area contributed by atoms with Gasteiger partial charge in [0.15, 0.2) is 0 Å². The smallest absolute Gasteiger partial charge is 0.121 e. The number of hydrogen-bond donors (Lipinski definition) is 1. The lowest BCUT2D eigenvalue weighted by Crippen LogP contribution is -2.53. The van der Waals surface area contributed by atoms with Crippen LogP contribution in [0.15, 0.2) is 0 Å². The first-order valence-electron chi connectivity index (χ1n) is 4.77. The van der Waals surface area contributed by atoms with Gasteiger partial charge in [-0.05, 0) is 25.7 Å². The Labute approximate surface area is 76.5 Å². The third-order valence-electron chi connectivity index (χ3n) is 2.24. The molecule has 0 saturated carbocycles. The van der Waals surface area contributed by atoms with Crippen LogP contribution in [0.5, 0.6) is 0 Å². The molecule has 0 aliphatic heterocycles. The summed E-state index contributed by atoms with van der Waals surface area (Å²) in [4.78, 5) is 0. The summed E-state index contributed by atoms with van der Waals surface area (Å²) in [6, 6.07) is 0.